The highest BCUT2D eigenvalue weighted by atomic mass is 19.1. The molecule has 7 heteroatoms. The molecule has 0 aromatic heterocycles. The van der Waals surface area contributed by atoms with Crippen LogP contribution >= 0.6 is 0 Å². The van der Waals surface area contributed by atoms with Gasteiger partial charge in [0.25, 0.3) is 0 Å². The lowest BCUT2D eigenvalue weighted by Crippen LogP contribution is -2.51. The van der Waals surface area contributed by atoms with Crippen LogP contribution in [0.1, 0.15) is 46.0 Å². The maximum absolute atomic E-state index is 13.1. The minimum atomic E-state index is -0.560. The first-order chi connectivity index (χ1) is 13.8. The zero-order valence-electron chi connectivity index (χ0n) is 17.2. The molecule has 0 bridgehead atoms. The summed E-state index contributed by atoms with van der Waals surface area (Å²) in [6.45, 7) is 5.77. The Balaban J connectivity index is 1.65. The van der Waals surface area contributed by atoms with Crippen molar-refractivity contribution < 1.29 is 18.8 Å². The Bertz CT molecular complexity index is 744. The molecule has 0 spiro atoms. The van der Waals surface area contributed by atoms with Gasteiger partial charge in [-0.05, 0) is 55.9 Å². The minimum Gasteiger partial charge on any atom is -0.344 e. The molecule has 29 heavy (non-hydrogen) atoms. The third kappa shape index (κ3) is 5.34. The number of rotatable bonds is 6. The Labute approximate surface area is 171 Å². The minimum absolute atomic E-state index is 0.0218. The lowest BCUT2D eigenvalue weighted by atomic mass is 9.99. The van der Waals surface area contributed by atoms with E-state index >= 15 is 0 Å². The van der Waals surface area contributed by atoms with Crippen molar-refractivity contribution in [3.05, 3.63) is 30.1 Å². The lowest BCUT2D eigenvalue weighted by molar-refractivity contribution is -0.138. The summed E-state index contributed by atoms with van der Waals surface area (Å²) in [5, 5.41) is 2.92. The van der Waals surface area contributed by atoms with Gasteiger partial charge in [0.15, 0.2) is 0 Å². The molecule has 3 amide bonds. The fraction of sp³-hybridized carbons (Fsp3) is 0.591. The molecule has 2 saturated heterocycles. The van der Waals surface area contributed by atoms with Gasteiger partial charge in [-0.2, -0.15) is 0 Å². The average Bonchev–Trinajstić information content (AvgIpc) is 3.09. The highest BCUT2D eigenvalue weighted by molar-refractivity contribution is 6.01. The van der Waals surface area contributed by atoms with E-state index in [0.717, 1.165) is 32.4 Å². The lowest BCUT2D eigenvalue weighted by Gasteiger charge is -2.31. The number of amides is 3. The summed E-state index contributed by atoms with van der Waals surface area (Å²) in [6.07, 6.45) is 3.79. The molecule has 0 unspecified atom stereocenters. The number of hydrogen-bond donors (Lipinski definition) is 1. The van der Waals surface area contributed by atoms with Crippen LogP contribution in [0.15, 0.2) is 24.3 Å². The SMILES string of the molecule is CC(C)C[C@H](NC(=O)[C@H]1CC(=O)N(c2ccc(F)cc2)C1)C(=O)N1CCCCC1. The van der Waals surface area contributed by atoms with Gasteiger partial charge in [-0.15, -0.1) is 0 Å². The zero-order valence-corrected chi connectivity index (χ0v) is 17.2. The Hall–Kier alpha value is -2.44. The van der Waals surface area contributed by atoms with Crippen molar-refractivity contribution in [1.82, 2.24) is 10.2 Å². The predicted molar refractivity (Wildman–Crippen MR) is 109 cm³/mol. The number of hydrogen-bond acceptors (Lipinski definition) is 3. The maximum atomic E-state index is 13.1. The van der Waals surface area contributed by atoms with Crippen LogP contribution in [0, 0.1) is 17.7 Å². The van der Waals surface area contributed by atoms with Crippen molar-refractivity contribution >= 4 is 23.4 Å². The van der Waals surface area contributed by atoms with E-state index in [1.54, 1.807) is 0 Å². The first-order valence-electron chi connectivity index (χ1n) is 10.5. The predicted octanol–water partition coefficient (Wildman–Crippen LogP) is 2.72. The molecule has 0 aliphatic carbocycles. The summed E-state index contributed by atoms with van der Waals surface area (Å²) in [7, 11) is 0. The summed E-state index contributed by atoms with van der Waals surface area (Å²) in [4.78, 5) is 41.6. The summed E-state index contributed by atoms with van der Waals surface area (Å²) >= 11 is 0. The Kier molecular flexibility index (Phi) is 6.87. The number of nitrogens with one attached hydrogen (secondary N) is 1. The van der Waals surface area contributed by atoms with Crippen molar-refractivity contribution in [2.75, 3.05) is 24.5 Å². The van der Waals surface area contributed by atoms with Gasteiger partial charge in [0.05, 0.1) is 5.92 Å². The number of likely N-dealkylation sites (tertiary alicyclic amines) is 1. The number of anilines is 1. The standard InChI is InChI=1S/C22H30FN3O3/c1-15(2)12-19(22(29)25-10-4-3-5-11-25)24-21(28)16-13-20(27)26(14-16)18-8-6-17(23)7-9-18/h6-9,15-16,19H,3-5,10-14H2,1-2H3,(H,24,28)/t16-,19-/m0/s1. The molecular formula is C22H30FN3O3. The van der Waals surface area contributed by atoms with E-state index < -0.39 is 12.0 Å². The smallest absolute Gasteiger partial charge is 0.245 e. The average molecular weight is 403 g/mol. The molecule has 0 radical (unpaired) electrons. The van der Waals surface area contributed by atoms with Gasteiger partial charge in [-0.1, -0.05) is 13.8 Å². The summed E-state index contributed by atoms with van der Waals surface area (Å²) in [5.41, 5.74) is 0.579. The summed E-state index contributed by atoms with van der Waals surface area (Å²) < 4.78 is 13.1. The molecule has 2 atom stereocenters. The normalized spacial score (nSPS) is 20.8. The van der Waals surface area contributed by atoms with E-state index in [1.165, 1.54) is 29.2 Å². The second-order valence-corrected chi connectivity index (χ2v) is 8.46. The third-order valence-electron chi connectivity index (χ3n) is 5.62. The molecule has 2 aliphatic heterocycles. The van der Waals surface area contributed by atoms with E-state index in [0.29, 0.717) is 12.1 Å². The van der Waals surface area contributed by atoms with Gasteiger partial charge in [0, 0.05) is 31.7 Å². The molecule has 3 rings (SSSR count). The maximum Gasteiger partial charge on any atom is 0.245 e. The van der Waals surface area contributed by atoms with Crippen LogP contribution < -0.4 is 10.2 Å². The van der Waals surface area contributed by atoms with Gasteiger partial charge < -0.3 is 15.1 Å². The summed E-state index contributed by atoms with van der Waals surface area (Å²) in [6, 6.07) is 5.11. The molecule has 158 valence electrons. The van der Waals surface area contributed by atoms with Gasteiger partial charge in [-0.3, -0.25) is 14.4 Å². The van der Waals surface area contributed by atoms with Crippen LogP contribution in [-0.2, 0) is 14.4 Å². The van der Waals surface area contributed by atoms with E-state index in [4.69, 9.17) is 0 Å². The van der Waals surface area contributed by atoms with Crippen LogP contribution in [0.5, 0.6) is 0 Å². The number of carbonyl (C=O) groups excluding carboxylic acids is 3. The second kappa shape index (κ2) is 9.37. The van der Waals surface area contributed by atoms with Crippen molar-refractivity contribution in [1.29, 1.82) is 0 Å². The highest BCUT2D eigenvalue weighted by Gasteiger charge is 2.37. The summed E-state index contributed by atoms with van der Waals surface area (Å²) in [5.74, 6) is -1.08. The van der Waals surface area contributed by atoms with Crippen molar-refractivity contribution in [3.63, 3.8) is 0 Å². The number of piperidine rings is 1. The van der Waals surface area contributed by atoms with Crippen LogP contribution in [-0.4, -0.2) is 48.3 Å². The molecular weight excluding hydrogens is 373 g/mol. The molecule has 1 N–H and O–H groups in total. The number of nitrogens with zero attached hydrogens (tertiary/aromatic N) is 2. The number of benzene rings is 1. The molecule has 2 aliphatic rings. The fourth-order valence-electron chi connectivity index (χ4n) is 4.07. The topological polar surface area (TPSA) is 69.7 Å². The van der Waals surface area contributed by atoms with Crippen molar-refractivity contribution in [2.24, 2.45) is 11.8 Å². The van der Waals surface area contributed by atoms with Gasteiger partial charge in [-0.25, -0.2) is 4.39 Å². The van der Waals surface area contributed by atoms with Gasteiger partial charge in [0.2, 0.25) is 17.7 Å². The molecule has 1 aromatic carbocycles. The molecule has 2 heterocycles. The quantitative estimate of drug-likeness (QED) is 0.794. The van der Waals surface area contributed by atoms with E-state index in [1.807, 2.05) is 18.7 Å². The fourth-order valence-corrected chi connectivity index (χ4v) is 4.07. The van der Waals surface area contributed by atoms with Gasteiger partial charge >= 0.3 is 0 Å². The highest BCUT2D eigenvalue weighted by Crippen LogP contribution is 2.26. The van der Waals surface area contributed by atoms with E-state index in [2.05, 4.69) is 5.32 Å². The zero-order chi connectivity index (χ0) is 21.0. The van der Waals surface area contributed by atoms with Gasteiger partial charge in [0.1, 0.15) is 11.9 Å². The van der Waals surface area contributed by atoms with E-state index in [9.17, 15) is 18.8 Å². The van der Waals surface area contributed by atoms with Crippen LogP contribution in [0.3, 0.4) is 0 Å². The Morgan fingerprint density at radius 1 is 1.14 bits per heavy atom. The van der Waals surface area contributed by atoms with E-state index in [-0.39, 0.29) is 42.4 Å². The largest absolute Gasteiger partial charge is 0.344 e. The molecule has 0 saturated carbocycles. The molecule has 6 nitrogen and oxygen atoms in total. The molecule has 2 fully saturated rings. The third-order valence-corrected chi connectivity index (χ3v) is 5.62. The van der Waals surface area contributed by atoms with Crippen LogP contribution in [0.25, 0.3) is 0 Å². The second-order valence-electron chi connectivity index (χ2n) is 8.46. The first kappa shape index (κ1) is 21.3. The van der Waals surface area contributed by atoms with Crippen molar-refractivity contribution in [3.8, 4) is 0 Å². The number of carbonyl (C=O) groups is 3. The molecule has 1 aromatic rings. The Morgan fingerprint density at radius 2 is 1.79 bits per heavy atom. The first-order valence-corrected chi connectivity index (χ1v) is 10.5. The van der Waals surface area contributed by atoms with Crippen LogP contribution in [0.4, 0.5) is 10.1 Å². The number of halogens is 1. The monoisotopic (exact) mass is 403 g/mol. The van der Waals surface area contributed by atoms with Crippen molar-refractivity contribution in [2.45, 2.75) is 52.0 Å². The van der Waals surface area contributed by atoms with Crippen LogP contribution in [0.2, 0.25) is 0 Å². The Morgan fingerprint density at radius 3 is 2.41 bits per heavy atom.